The van der Waals surface area contributed by atoms with Crippen molar-refractivity contribution in [3.63, 3.8) is 0 Å². The van der Waals surface area contributed by atoms with Crippen molar-refractivity contribution < 1.29 is 4.57 Å². The molecule has 0 aliphatic heterocycles. The zero-order chi connectivity index (χ0) is 11.5. The van der Waals surface area contributed by atoms with E-state index in [9.17, 15) is 0 Å². The third-order valence-corrected chi connectivity index (χ3v) is 2.70. The molecular formula is C14H17N2+. The normalized spacial score (nSPS) is 10.2. The number of benzene rings is 1. The van der Waals surface area contributed by atoms with Crippen LogP contribution in [0.4, 0.5) is 5.69 Å². The zero-order valence-corrected chi connectivity index (χ0v) is 10.0. The molecule has 0 spiro atoms. The SMILES string of the molecule is CN(C)c1ccc(-c2cc[n+](C)cc2)cc1. The molecule has 0 saturated carbocycles. The Bertz CT molecular complexity index is 455. The van der Waals surface area contributed by atoms with Crippen LogP contribution in [0, 0.1) is 0 Å². The summed E-state index contributed by atoms with van der Waals surface area (Å²) in [6, 6.07) is 12.9. The number of pyridine rings is 1. The van der Waals surface area contributed by atoms with E-state index in [2.05, 4.69) is 67.8 Å². The van der Waals surface area contributed by atoms with E-state index in [1.807, 2.05) is 11.6 Å². The van der Waals surface area contributed by atoms with Crippen molar-refractivity contribution in [3.8, 4) is 11.1 Å². The number of hydrogen-bond donors (Lipinski definition) is 0. The minimum absolute atomic E-state index is 1.23. The average Bonchev–Trinajstić information content (AvgIpc) is 2.30. The Morgan fingerprint density at radius 3 is 1.81 bits per heavy atom. The first-order valence-corrected chi connectivity index (χ1v) is 5.40. The lowest BCUT2D eigenvalue weighted by molar-refractivity contribution is -0.671. The highest BCUT2D eigenvalue weighted by atomic mass is 15.1. The van der Waals surface area contributed by atoms with Crippen LogP contribution in [0.5, 0.6) is 0 Å². The smallest absolute Gasteiger partial charge is 0.169 e. The molecule has 16 heavy (non-hydrogen) atoms. The van der Waals surface area contributed by atoms with E-state index in [4.69, 9.17) is 0 Å². The van der Waals surface area contributed by atoms with Gasteiger partial charge in [0.1, 0.15) is 7.05 Å². The molecule has 0 aliphatic carbocycles. The van der Waals surface area contributed by atoms with Gasteiger partial charge in [0, 0.05) is 31.9 Å². The van der Waals surface area contributed by atoms with Gasteiger partial charge in [0.25, 0.3) is 0 Å². The zero-order valence-electron chi connectivity index (χ0n) is 10.0. The summed E-state index contributed by atoms with van der Waals surface area (Å²) in [4.78, 5) is 2.11. The molecule has 0 unspecified atom stereocenters. The molecule has 0 fully saturated rings. The van der Waals surface area contributed by atoms with E-state index in [1.54, 1.807) is 0 Å². The molecular weight excluding hydrogens is 196 g/mol. The highest BCUT2D eigenvalue weighted by Crippen LogP contribution is 2.21. The number of aromatic nitrogens is 1. The van der Waals surface area contributed by atoms with Crippen molar-refractivity contribution in [2.45, 2.75) is 0 Å². The van der Waals surface area contributed by atoms with Gasteiger partial charge < -0.3 is 4.90 Å². The van der Waals surface area contributed by atoms with E-state index in [0.29, 0.717) is 0 Å². The van der Waals surface area contributed by atoms with Gasteiger partial charge in [0.15, 0.2) is 12.4 Å². The summed E-state index contributed by atoms with van der Waals surface area (Å²) in [5.41, 5.74) is 3.74. The van der Waals surface area contributed by atoms with Crippen LogP contribution in [0.15, 0.2) is 48.8 Å². The first kappa shape index (κ1) is 10.7. The second-order valence-electron chi connectivity index (χ2n) is 4.19. The topological polar surface area (TPSA) is 7.12 Å². The quantitative estimate of drug-likeness (QED) is 0.694. The molecule has 2 heteroatoms. The molecule has 1 aromatic heterocycles. The van der Waals surface area contributed by atoms with Crippen molar-refractivity contribution >= 4 is 5.69 Å². The van der Waals surface area contributed by atoms with E-state index in [0.717, 1.165) is 0 Å². The number of anilines is 1. The van der Waals surface area contributed by atoms with Gasteiger partial charge in [-0.3, -0.25) is 0 Å². The Morgan fingerprint density at radius 2 is 1.31 bits per heavy atom. The Kier molecular flexibility index (Phi) is 2.91. The predicted octanol–water partition coefficient (Wildman–Crippen LogP) is 2.24. The van der Waals surface area contributed by atoms with Gasteiger partial charge in [-0.25, -0.2) is 4.57 Å². The lowest BCUT2D eigenvalue weighted by Crippen LogP contribution is -2.25. The number of rotatable bonds is 2. The lowest BCUT2D eigenvalue weighted by Gasteiger charge is -2.12. The average molecular weight is 213 g/mol. The molecule has 82 valence electrons. The summed E-state index contributed by atoms with van der Waals surface area (Å²) in [5, 5.41) is 0. The highest BCUT2D eigenvalue weighted by Gasteiger charge is 2.00. The molecule has 0 atom stereocenters. The van der Waals surface area contributed by atoms with E-state index in [-0.39, 0.29) is 0 Å². The van der Waals surface area contributed by atoms with Gasteiger partial charge in [-0.15, -0.1) is 0 Å². The maximum absolute atomic E-state index is 2.16. The summed E-state index contributed by atoms with van der Waals surface area (Å²) in [6.07, 6.45) is 4.13. The van der Waals surface area contributed by atoms with E-state index < -0.39 is 0 Å². The van der Waals surface area contributed by atoms with E-state index >= 15 is 0 Å². The van der Waals surface area contributed by atoms with Crippen LogP contribution >= 0.6 is 0 Å². The number of nitrogens with zero attached hydrogens (tertiary/aromatic N) is 2. The second-order valence-corrected chi connectivity index (χ2v) is 4.19. The fourth-order valence-corrected chi connectivity index (χ4v) is 1.65. The fraction of sp³-hybridized carbons (Fsp3) is 0.214. The van der Waals surface area contributed by atoms with Gasteiger partial charge in [-0.1, -0.05) is 12.1 Å². The van der Waals surface area contributed by atoms with E-state index in [1.165, 1.54) is 16.8 Å². The maximum atomic E-state index is 2.16. The second kappa shape index (κ2) is 4.35. The molecule has 0 radical (unpaired) electrons. The Morgan fingerprint density at radius 1 is 0.812 bits per heavy atom. The third kappa shape index (κ3) is 2.22. The summed E-state index contributed by atoms with van der Waals surface area (Å²) >= 11 is 0. The predicted molar refractivity (Wildman–Crippen MR) is 67.4 cm³/mol. The van der Waals surface area contributed by atoms with Crippen molar-refractivity contribution in [3.05, 3.63) is 48.8 Å². The van der Waals surface area contributed by atoms with Crippen LogP contribution in [0.2, 0.25) is 0 Å². The van der Waals surface area contributed by atoms with Crippen LogP contribution in [0.1, 0.15) is 0 Å². The molecule has 2 nitrogen and oxygen atoms in total. The standard InChI is InChI=1S/C14H17N2/c1-15(2)14-6-4-12(5-7-14)13-8-10-16(3)11-9-13/h4-11H,1-3H3/q+1. The van der Waals surface area contributed by atoms with Crippen molar-refractivity contribution in [1.29, 1.82) is 0 Å². The molecule has 0 bridgehead atoms. The van der Waals surface area contributed by atoms with Crippen molar-refractivity contribution in [2.24, 2.45) is 7.05 Å². The van der Waals surface area contributed by atoms with Crippen LogP contribution in [-0.2, 0) is 7.05 Å². The molecule has 0 amide bonds. The van der Waals surface area contributed by atoms with Crippen LogP contribution in [0.25, 0.3) is 11.1 Å². The first-order valence-electron chi connectivity index (χ1n) is 5.40. The Labute approximate surface area is 96.8 Å². The number of aryl methyl sites for hydroxylation is 1. The fourth-order valence-electron chi connectivity index (χ4n) is 1.65. The molecule has 1 heterocycles. The van der Waals surface area contributed by atoms with Gasteiger partial charge in [-0.2, -0.15) is 0 Å². The van der Waals surface area contributed by atoms with Gasteiger partial charge in [0.2, 0.25) is 0 Å². The van der Waals surface area contributed by atoms with Gasteiger partial charge >= 0.3 is 0 Å². The van der Waals surface area contributed by atoms with Crippen LogP contribution in [-0.4, -0.2) is 14.1 Å². The highest BCUT2D eigenvalue weighted by molar-refractivity contribution is 5.65. The number of hydrogen-bond acceptors (Lipinski definition) is 1. The molecule has 1 aromatic carbocycles. The van der Waals surface area contributed by atoms with Crippen molar-refractivity contribution in [2.75, 3.05) is 19.0 Å². The minimum atomic E-state index is 1.23. The Hall–Kier alpha value is -1.83. The molecule has 0 N–H and O–H groups in total. The van der Waals surface area contributed by atoms with Crippen LogP contribution < -0.4 is 9.47 Å². The molecule has 0 saturated heterocycles. The monoisotopic (exact) mass is 213 g/mol. The summed E-state index contributed by atoms with van der Waals surface area (Å²) < 4.78 is 2.04. The Balaban J connectivity index is 2.31. The maximum Gasteiger partial charge on any atom is 0.169 e. The lowest BCUT2D eigenvalue weighted by atomic mass is 10.1. The van der Waals surface area contributed by atoms with Crippen LogP contribution in [0.3, 0.4) is 0 Å². The van der Waals surface area contributed by atoms with Gasteiger partial charge in [-0.05, 0) is 23.3 Å². The largest absolute Gasteiger partial charge is 0.378 e. The molecule has 0 aliphatic rings. The molecule has 2 rings (SSSR count). The third-order valence-electron chi connectivity index (χ3n) is 2.70. The first-order chi connectivity index (χ1) is 7.66. The van der Waals surface area contributed by atoms with Crippen molar-refractivity contribution in [1.82, 2.24) is 0 Å². The van der Waals surface area contributed by atoms with Gasteiger partial charge in [0.05, 0.1) is 0 Å². The minimum Gasteiger partial charge on any atom is -0.378 e. The summed E-state index contributed by atoms with van der Waals surface area (Å²) in [7, 11) is 6.13. The summed E-state index contributed by atoms with van der Waals surface area (Å²) in [6.45, 7) is 0. The molecule has 2 aromatic rings. The summed E-state index contributed by atoms with van der Waals surface area (Å²) in [5.74, 6) is 0.